The number of ether oxygens (including phenoxy) is 1. The number of aromatic amines is 1. The maximum absolute atomic E-state index is 12.6. The Morgan fingerprint density at radius 3 is 2.54 bits per heavy atom. The summed E-state index contributed by atoms with van der Waals surface area (Å²) in [6, 6.07) is 16.8. The molecular formula is C21H19ClN4O2. The maximum atomic E-state index is 12.6. The second kappa shape index (κ2) is 7.40. The van der Waals surface area contributed by atoms with Gasteiger partial charge in [0.15, 0.2) is 0 Å². The molecule has 0 fully saturated rings. The van der Waals surface area contributed by atoms with E-state index in [1.54, 1.807) is 23.9 Å². The lowest BCUT2D eigenvalue weighted by Gasteiger charge is -2.08. The number of halogens is 1. The Labute approximate surface area is 166 Å². The number of nitrogens with zero attached hydrogens (tertiary/aromatic N) is 2. The number of methoxy groups -OCH3 is 1. The van der Waals surface area contributed by atoms with Crippen molar-refractivity contribution in [3.8, 4) is 11.4 Å². The molecule has 0 bridgehead atoms. The van der Waals surface area contributed by atoms with Gasteiger partial charge in [-0.3, -0.25) is 4.79 Å². The van der Waals surface area contributed by atoms with Gasteiger partial charge < -0.3 is 15.0 Å². The molecule has 2 aromatic heterocycles. The van der Waals surface area contributed by atoms with Crippen LogP contribution in [0, 0.1) is 6.92 Å². The Morgan fingerprint density at radius 2 is 1.86 bits per heavy atom. The number of anilines is 1. The van der Waals surface area contributed by atoms with Gasteiger partial charge in [0, 0.05) is 28.2 Å². The zero-order chi connectivity index (χ0) is 19.7. The second-order valence-corrected chi connectivity index (χ2v) is 6.88. The molecule has 28 heavy (non-hydrogen) atoms. The summed E-state index contributed by atoms with van der Waals surface area (Å²) in [4.78, 5) is 15.6. The van der Waals surface area contributed by atoms with E-state index in [0.717, 1.165) is 28.2 Å². The highest BCUT2D eigenvalue weighted by molar-refractivity contribution is 6.30. The van der Waals surface area contributed by atoms with Crippen LogP contribution in [0.2, 0.25) is 5.02 Å². The zero-order valence-corrected chi connectivity index (χ0v) is 16.2. The minimum Gasteiger partial charge on any atom is -0.497 e. The lowest BCUT2D eigenvalue weighted by Crippen LogP contribution is -2.16. The van der Waals surface area contributed by atoms with Crippen molar-refractivity contribution in [3.05, 3.63) is 81.2 Å². The van der Waals surface area contributed by atoms with Gasteiger partial charge in [-0.05, 0) is 61.5 Å². The average Bonchev–Trinajstić information content (AvgIpc) is 3.02. The first-order valence-corrected chi connectivity index (χ1v) is 9.18. The van der Waals surface area contributed by atoms with E-state index in [9.17, 15) is 4.79 Å². The minimum absolute atomic E-state index is 0.149. The summed E-state index contributed by atoms with van der Waals surface area (Å²) in [6.45, 7) is 2.33. The van der Waals surface area contributed by atoms with Crippen LogP contribution in [0.5, 0.6) is 5.75 Å². The summed E-state index contributed by atoms with van der Waals surface area (Å²) in [5.74, 6) is 0.787. The van der Waals surface area contributed by atoms with Crippen molar-refractivity contribution in [1.29, 1.82) is 0 Å². The van der Waals surface area contributed by atoms with Gasteiger partial charge in [-0.2, -0.15) is 5.10 Å². The molecule has 4 aromatic rings. The summed E-state index contributed by atoms with van der Waals surface area (Å²) >= 11 is 5.97. The molecule has 0 aliphatic heterocycles. The van der Waals surface area contributed by atoms with Crippen molar-refractivity contribution in [2.75, 3.05) is 12.4 Å². The van der Waals surface area contributed by atoms with Crippen LogP contribution in [0.25, 0.3) is 16.7 Å². The molecular weight excluding hydrogens is 376 g/mol. The van der Waals surface area contributed by atoms with Crippen LogP contribution in [-0.2, 0) is 6.54 Å². The normalized spacial score (nSPS) is 11.0. The highest BCUT2D eigenvalue weighted by Crippen LogP contribution is 2.22. The average molecular weight is 395 g/mol. The van der Waals surface area contributed by atoms with Crippen molar-refractivity contribution in [3.63, 3.8) is 0 Å². The summed E-state index contributed by atoms with van der Waals surface area (Å²) in [6.07, 6.45) is 0. The molecule has 2 heterocycles. The third-order valence-electron chi connectivity index (χ3n) is 4.59. The lowest BCUT2D eigenvalue weighted by atomic mass is 10.2. The van der Waals surface area contributed by atoms with Crippen molar-refractivity contribution in [2.45, 2.75) is 13.5 Å². The SMILES string of the molecule is COc1ccc(NCc2cc3c(C)nn(-c4ccc(Cl)cc4)c3[nH]c2=O)cc1. The van der Waals surface area contributed by atoms with Crippen LogP contribution in [0.3, 0.4) is 0 Å². The summed E-state index contributed by atoms with van der Waals surface area (Å²) in [5.41, 5.74) is 3.74. The fourth-order valence-corrected chi connectivity index (χ4v) is 3.19. The van der Waals surface area contributed by atoms with Crippen molar-refractivity contribution >= 4 is 28.3 Å². The van der Waals surface area contributed by atoms with E-state index >= 15 is 0 Å². The number of hydrogen-bond donors (Lipinski definition) is 2. The van der Waals surface area contributed by atoms with Gasteiger partial charge in [0.25, 0.3) is 5.56 Å². The van der Waals surface area contributed by atoms with Crippen molar-refractivity contribution < 1.29 is 4.74 Å². The van der Waals surface area contributed by atoms with E-state index in [0.29, 0.717) is 22.8 Å². The van der Waals surface area contributed by atoms with Crippen molar-refractivity contribution in [1.82, 2.24) is 14.8 Å². The monoisotopic (exact) mass is 394 g/mol. The summed E-state index contributed by atoms with van der Waals surface area (Å²) in [7, 11) is 1.63. The Balaban J connectivity index is 1.65. The van der Waals surface area contributed by atoms with Gasteiger partial charge in [0.1, 0.15) is 11.4 Å². The standard InChI is InChI=1S/C21H19ClN4O2/c1-13-19-11-14(12-23-16-5-9-18(28-2)10-6-16)21(27)24-20(19)26(25-13)17-7-3-15(22)4-8-17/h3-11,23H,12H2,1-2H3,(H,24,27). The predicted octanol–water partition coefficient (Wildman–Crippen LogP) is 4.30. The molecule has 2 aromatic carbocycles. The molecule has 142 valence electrons. The number of fused-ring (bicyclic) bond motifs is 1. The van der Waals surface area contributed by atoms with Crippen LogP contribution >= 0.6 is 11.6 Å². The van der Waals surface area contributed by atoms with E-state index in [1.165, 1.54) is 0 Å². The molecule has 0 amide bonds. The first-order valence-electron chi connectivity index (χ1n) is 8.80. The first-order chi connectivity index (χ1) is 13.5. The Bertz CT molecular complexity index is 1180. The summed E-state index contributed by atoms with van der Waals surface area (Å²) in [5, 5.41) is 9.40. The molecule has 4 rings (SSSR count). The smallest absolute Gasteiger partial charge is 0.254 e. The number of aromatic nitrogens is 3. The molecule has 2 N–H and O–H groups in total. The molecule has 0 aliphatic rings. The number of H-pyrrole nitrogens is 1. The maximum Gasteiger partial charge on any atom is 0.254 e. The molecule has 0 aliphatic carbocycles. The van der Waals surface area contributed by atoms with Crippen LogP contribution in [0.4, 0.5) is 5.69 Å². The Morgan fingerprint density at radius 1 is 1.14 bits per heavy atom. The van der Waals surface area contributed by atoms with Gasteiger partial charge in [-0.25, -0.2) is 4.68 Å². The van der Waals surface area contributed by atoms with Gasteiger partial charge in [-0.15, -0.1) is 0 Å². The van der Waals surface area contributed by atoms with Gasteiger partial charge >= 0.3 is 0 Å². The van der Waals surface area contributed by atoms with Crippen molar-refractivity contribution in [2.24, 2.45) is 0 Å². The van der Waals surface area contributed by atoms with E-state index in [-0.39, 0.29) is 5.56 Å². The molecule has 7 heteroatoms. The topological polar surface area (TPSA) is 71.9 Å². The fourth-order valence-electron chi connectivity index (χ4n) is 3.07. The van der Waals surface area contributed by atoms with Crippen LogP contribution in [0.1, 0.15) is 11.3 Å². The number of nitrogens with one attached hydrogen (secondary N) is 2. The molecule has 0 saturated carbocycles. The van der Waals surface area contributed by atoms with E-state index in [4.69, 9.17) is 16.3 Å². The number of hydrogen-bond acceptors (Lipinski definition) is 4. The predicted molar refractivity (Wildman–Crippen MR) is 112 cm³/mol. The first kappa shape index (κ1) is 18.1. The highest BCUT2D eigenvalue weighted by Gasteiger charge is 2.13. The Kier molecular flexibility index (Phi) is 4.79. The highest BCUT2D eigenvalue weighted by atomic mass is 35.5. The number of aryl methyl sites for hydroxylation is 1. The third kappa shape index (κ3) is 3.46. The lowest BCUT2D eigenvalue weighted by molar-refractivity contribution is 0.415. The van der Waals surface area contributed by atoms with Crippen LogP contribution < -0.4 is 15.6 Å². The number of rotatable bonds is 5. The van der Waals surface area contributed by atoms with Gasteiger partial charge in [0.2, 0.25) is 0 Å². The minimum atomic E-state index is -0.149. The molecule has 0 radical (unpaired) electrons. The zero-order valence-electron chi connectivity index (χ0n) is 15.5. The fraction of sp³-hybridized carbons (Fsp3) is 0.143. The molecule has 0 saturated heterocycles. The molecule has 6 nitrogen and oxygen atoms in total. The summed E-state index contributed by atoms with van der Waals surface area (Å²) < 4.78 is 6.88. The van der Waals surface area contributed by atoms with Crippen LogP contribution in [0.15, 0.2) is 59.4 Å². The molecule has 0 unspecified atom stereocenters. The third-order valence-corrected chi connectivity index (χ3v) is 4.85. The van der Waals surface area contributed by atoms with E-state index < -0.39 is 0 Å². The van der Waals surface area contributed by atoms with Crippen LogP contribution in [-0.4, -0.2) is 21.9 Å². The second-order valence-electron chi connectivity index (χ2n) is 6.44. The molecule has 0 atom stereocenters. The van der Waals surface area contributed by atoms with E-state index in [1.807, 2.05) is 49.4 Å². The largest absolute Gasteiger partial charge is 0.497 e. The van der Waals surface area contributed by atoms with E-state index in [2.05, 4.69) is 15.4 Å². The quantitative estimate of drug-likeness (QED) is 0.529. The van der Waals surface area contributed by atoms with Gasteiger partial charge in [0.05, 0.1) is 18.5 Å². The molecule has 0 spiro atoms. The Hall–Kier alpha value is -3.25. The number of pyridine rings is 1. The number of benzene rings is 2. The van der Waals surface area contributed by atoms with Gasteiger partial charge in [-0.1, -0.05) is 11.6 Å².